The molecule has 0 bridgehead atoms. The van der Waals surface area contributed by atoms with Crippen molar-refractivity contribution in [1.82, 2.24) is 0 Å². The average Bonchev–Trinajstić information content (AvgIpc) is 1.30. The van der Waals surface area contributed by atoms with Crippen molar-refractivity contribution in [1.29, 1.82) is 0 Å². The van der Waals surface area contributed by atoms with E-state index in [0.29, 0.717) is 9.83 Å². The van der Waals surface area contributed by atoms with E-state index in [9.17, 15) is 13.0 Å². The van der Waals surface area contributed by atoms with Gasteiger partial charge in [-0.15, -0.1) is 0 Å². The van der Waals surface area contributed by atoms with Gasteiger partial charge in [-0.25, -0.2) is 8.42 Å². The fraction of sp³-hybridized carbons (Fsp3) is 1.00. The van der Waals surface area contributed by atoms with E-state index in [2.05, 4.69) is 0 Å². The summed E-state index contributed by atoms with van der Waals surface area (Å²) in [5, 5.41) is 0. The molecular weight excluding hydrogens is 156 g/mol. The van der Waals surface area contributed by atoms with Crippen LogP contribution in [0, 0.1) is 0 Å². The van der Waals surface area contributed by atoms with Gasteiger partial charge >= 0.3 is 0 Å². The summed E-state index contributed by atoms with van der Waals surface area (Å²) in [5.74, 6) is 0. The quantitative estimate of drug-likeness (QED) is 0.432. The van der Waals surface area contributed by atoms with E-state index in [4.69, 9.17) is 0 Å². The second kappa shape index (κ2) is 2.81. The molecule has 0 aromatic carbocycles. The van der Waals surface area contributed by atoms with Gasteiger partial charge < -0.3 is 4.55 Å². The van der Waals surface area contributed by atoms with Crippen LogP contribution in [0.1, 0.15) is 0 Å². The summed E-state index contributed by atoms with van der Waals surface area (Å²) in [4.78, 5) is 0. The van der Waals surface area contributed by atoms with Crippen LogP contribution in [0.4, 0.5) is 0 Å². The van der Waals surface area contributed by atoms with Crippen LogP contribution in [0.15, 0.2) is 0 Å². The molecule has 0 radical (unpaired) electrons. The van der Waals surface area contributed by atoms with Crippen molar-refractivity contribution in [3.05, 3.63) is 0 Å². The Kier molecular flexibility index (Phi) is 3.05. The van der Waals surface area contributed by atoms with Crippen LogP contribution in [0.3, 0.4) is 0 Å². The van der Waals surface area contributed by atoms with Crippen molar-refractivity contribution < 1.29 is 13.0 Å². The molecule has 0 aliphatic rings. The lowest BCUT2D eigenvalue weighted by molar-refractivity contribution is 0.483. The van der Waals surface area contributed by atoms with Gasteiger partial charge in [0, 0.05) is 9.83 Å². The van der Waals surface area contributed by atoms with Gasteiger partial charge in [-0.2, -0.15) is 0 Å². The molecule has 0 rings (SSSR count). The molecule has 6 heteroatoms. The third kappa shape index (κ3) is 6.61. The number of rotatable bonds is 2. The molecule has 0 saturated heterocycles. The van der Waals surface area contributed by atoms with E-state index in [1.165, 1.54) is 6.26 Å². The second-order valence-electron chi connectivity index (χ2n) is 0.643. The zero-order valence-corrected chi connectivity index (χ0v) is 5.90. The topological polar surface area (TPSA) is 57.2 Å². The van der Waals surface area contributed by atoms with Crippen molar-refractivity contribution in [2.45, 2.75) is 0 Å². The van der Waals surface area contributed by atoms with E-state index < -0.39 is 9.15 Å². The molecule has 0 aliphatic carbocycles. The van der Waals surface area contributed by atoms with Gasteiger partial charge in [-0.3, -0.25) is 0 Å². The van der Waals surface area contributed by atoms with Gasteiger partial charge in [0.15, 0.2) is 9.15 Å². The number of hydrogen-bond acceptors (Lipinski definition) is 5. The summed E-state index contributed by atoms with van der Waals surface area (Å²) in [6, 6.07) is 0. The first-order chi connectivity index (χ1) is 3.06. The third-order valence-electron chi connectivity index (χ3n) is 0.151. The third-order valence-corrected chi connectivity index (χ3v) is 4.09. The highest BCUT2D eigenvalue weighted by Gasteiger charge is 1.88. The Morgan fingerprint density at radius 2 is 2.00 bits per heavy atom. The first kappa shape index (κ1) is 7.61. The first-order valence-corrected chi connectivity index (χ1v) is 5.72. The molecule has 0 aromatic heterocycles. The minimum atomic E-state index is -4.04. The van der Waals surface area contributed by atoms with Crippen LogP contribution < -0.4 is 0 Å². The Morgan fingerprint density at radius 1 is 1.57 bits per heavy atom. The van der Waals surface area contributed by atoms with Crippen LogP contribution in [-0.4, -0.2) is 19.2 Å². The smallest absolute Gasteiger partial charge is 0.159 e. The van der Waals surface area contributed by atoms with Gasteiger partial charge in [0.1, 0.15) is 0 Å². The highest BCUT2D eigenvalue weighted by molar-refractivity contribution is 9.05. The maximum atomic E-state index is 9.62. The molecule has 0 saturated carbocycles. The van der Waals surface area contributed by atoms with Gasteiger partial charge in [-0.1, -0.05) is 10.8 Å². The van der Waals surface area contributed by atoms with E-state index in [0.717, 1.165) is 10.8 Å². The molecule has 0 atom stereocenters. The normalized spacial score (nSPS) is 11.7. The fourth-order valence-electron chi connectivity index (χ4n) is 0.0833. The minimum absolute atomic E-state index is 0.322. The Morgan fingerprint density at radius 3 is 2.00 bits per heavy atom. The number of hydrogen-bond donors (Lipinski definition) is 0. The Hall–Kier alpha value is 0.610. The maximum Gasteiger partial charge on any atom is 0.159 e. The van der Waals surface area contributed by atoms with Crippen LogP contribution in [0.5, 0.6) is 0 Å². The summed E-state index contributed by atoms with van der Waals surface area (Å²) in [6.07, 6.45) is 1.53. The second-order valence-corrected chi connectivity index (χ2v) is 5.79. The molecule has 3 nitrogen and oxygen atoms in total. The lowest BCUT2D eigenvalue weighted by atomic mass is 12.0. The summed E-state index contributed by atoms with van der Waals surface area (Å²) >= 11 is 0. The molecule has 44 valence electrons. The molecule has 0 unspecified atom stereocenters. The van der Waals surface area contributed by atoms with E-state index in [1.807, 2.05) is 0 Å². The molecule has 0 amide bonds. The molecule has 0 fully saturated rings. The zero-order chi connectivity index (χ0) is 5.91. The molecule has 0 aliphatic heterocycles. The summed E-state index contributed by atoms with van der Waals surface area (Å²) < 4.78 is 28.9. The predicted molar refractivity (Wildman–Crippen MR) is 30.8 cm³/mol. The Labute approximate surface area is 49.4 Å². The van der Waals surface area contributed by atoms with E-state index in [1.54, 1.807) is 0 Å². The molecular formula is CH3O3S3-. The van der Waals surface area contributed by atoms with Crippen molar-refractivity contribution >= 4 is 29.8 Å². The van der Waals surface area contributed by atoms with Gasteiger partial charge in [0.2, 0.25) is 0 Å². The summed E-state index contributed by atoms with van der Waals surface area (Å²) in [5.41, 5.74) is 0. The predicted octanol–water partition coefficient (Wildman–Crippen LogP) is 0.458. The van der Waals surface area contributed by atoms with E-state index >= 15 is 0 Å². The van der Waals surface area contributed by atoms with Crippen LogP contribution >= 0.6 is 20.6 Å². The van der Waals surface area contributed by atoms with Crippen LogP contribution in [0.2, 0.25) is 0 Å². The van der Waals surface area contributed by atoms with E-state index in [-0.39, 0.29) is 0 Å². The zero-order valence-electron chi connectivity index (χ0n) is 3.45. The Balaban J connectivity index is 3.60. The largest absolute Gasteiger partial charge is 0.739 e. The standard InChI is InChI=1S/CH4O3S3/c1-5-6-7(2,3)4/h1H3,(H,2,3,4)/p-1. The average molecular weight is 159 g/mol. The van der Waals surface area contributed by atoms with Gasteiger partial charge in [0.25, 0.3) is 0 Å². The highest BCUT2D eigenvalue weighted by atomic mass is 33.5. The minimum Gasteiger partial charge on any atom is -0.739 e. The van der Waals surface area contributed by atoms with Crippen molar-refractivity contribution in [2.75, 3.05) is 6.26 Å². The molecule has 0 spiro atoms. The molecule has 7 heavy (non-hydrogen) atoms. The molecule has 0 N–H and O–H groups in total. The molecule has 0 aromatic rings. The van der Waals surface area contributed by atoms with Crippen molar-refractivity contribution in [3.8, 4) is 0 Å². The van der Waals surface area contributed by atoms with Crippen molar-refractivity contribution in [2.24, 2.45) is 0 Å². The summed E-state index contributed by atoms with van der Waals surface area (Å²) in [6.45, 7) is 0. The maximum absolute atomic E-state index is 9.62. The highest BCUT2D eigenvalue weighted by Crippen LogP contribution is 2.22. The monoisotopic (exact) mass is 159 g/mol. The SMILES string of the molecule is CSSS(=O)(=O)[O-]. The van der Waals surface area contributed by atoms with Gasteiger partial charge in [-0.05, 0) is 6.26 Å². The van der Waals surface area contributed by atoms with Gasteiger partial charge in [0.05, 0.1) is 0 Å². The van der Waals surface area contributed by atoms with Crippen LogP contribution in [-0.2, 0) is 9.15 Å². The van der Waals surface area contributed by atoms with Crippen LogP contribution in [0.25, 0.3) is 0 Å². The van der Waals surface area contributed by atoms with Crippen molar-refractivity contribution in [3.63, 3.8) is 0 Å². The Bertz CT molecular complexity index is 123. The lowest BCUT2D eigenvalue weighted by Crippen LogP contribution is -1.84. The molecule has 0 heterocycles. The summed E-state index contributed by atoms with van der Waals surface area (Å²) in [7, 11) is -2.80. The fourth-order valence-corrected chi connectivity index (χ4v) is 2.25. The first-order valence-electron chi connectivity index (χ1n) is 1.24. The lowest BCUT2D eigenvalue weighted by Gasteiger charge is -1.98.